The molecule has 0 radical (unpaired) electrons. The van der Waals surface area contributed by atoms with E-state index in [1.54, 1.807) is 24.3 Å². The fourth-order valence-electron chi connectivity index (χ4n) is 2.36. The summed E-state index contributed by atoms with van der Waals surface area (Å²) in [5.41, 5.74) is 0.700. The molecule has 0 aliphatic carbocycles. The Hall–Kier alpha value is -3.93. The van der Waals surface area contributed by atoms with E-state index in [2.05, 4.69) is 15.0 Å². The van der Waals surface area contributed by atoms with Gasteiger partial charge in [0.1, 0.15) is 17.2 Å². The molecule has 4 rings (SSSR count). The van der Waals surface area contributed by atoms with Crippen LogP contribution in [0.1, 0.15) is 0 Å². The number of hydrogen-bond acceptors (Lipinski definition) is 6. The molecule has 0 aliphatic rings. The molecule has 1 aromatic heterocycles. The number of phenols is 1. The van der Waals surface area contributed by atoms with Gasteiger partial charge in [-0.3, -0.25) is 0 Å². The van der Waals surface area contributed by atoms with Crippen LogP contribution in [0.4, 0.5) is 0 Å². The molecule has 132 valence electrons. The molecular formula is C21H15N3O3. The molecule has 6 heteroatoms. The fraction of sp³-hybridized carbons (Fsp3) is 0. The highest BCUT2D eigenvalue weighted by Crippen LogP contribution is 2.26. The van der Waals surface area contributed by atoms with E-state index in [9.17, 15) is 5.11 Å². The number of ether oxygens (including phenoxy) is 2. The highest BCUT2D eigenvalue weighted by Gasteiger charge is 2.12. The van der Waals surface area contributed by atoms with Gasteiger partial charge < -0.3 is 14.6 Å². The standard InChI is InChI=1S/C21H15N3O3/c25-16-13-11-15(12-14-16)19-22-20(26-17-7-3-1-4-8-17)24-21(23-19)27-18-9-5-2-6-10-18/h1-14,25H. The Kier molecular flexibility index (Phi) is 4.61. The summed E-state index contributed by atoms with van der Waals surface area (Å²) in [5, 5.41) is 9.50. The lowest BCUT2D eigenvalue weighted by molar-refractivity contribution is 0.398. The van der Waals surface area contributed by atoms with Crippen LogP contribution in [0.5, 0.6) is 29.3 Å². The van der Waals surface area contributed by atoms with E-state index in [0.717, 1.165) is 0 Å². The van der Waals surface area contributed by atoms with E-state index < -0.39 is 0 Å². The Morgan fingerprint density at radius 1 is 0.556 bits per heavy atom. The summed E-state index contributed by atoms with van der Waals surface area (Å²) in [6.07, 6.45) is 0. The predicted molar refractivity (Wildman–Crippen MR) is 100.0 cm³/mol. The van der Waals surface area contributed by atoms with Gasteiger partial charge in [-0.1, -0.05) is 36.4 Å². The molecule has 0 bridgehead atoms. The van der Waals surface area contributed by atoms with Gasteiger partial charge in [0.15, 0.2) is 5.82 Å². The van der Waals surface area contributed by atoms with Crippen LogP contribution in [0.25, 0.3) is 11.4 Å². The maximum atomic E-state index is 9.50. The largest absolute Gasteiger partial charge is 0.508 e. The summed E-state index contributed by atoms with van der Waals surface area (Å²) >= 11 is 0. The van der Waals surface area contributed by atoms with E-state index in [-0.39, 0.29) is 17.8 Å². The van der Waals surface area contributed by atoms with Gasteiger partial charge in [-0.2, -0.15) is 9.97 Å². The zero-order chi connectivity index (χ0) is 18.5. The second-order valence-electron chi connectivity index (χ2n) is 5.60. The van der Waals surface area contributed by atoms with Crippen molar-refractivity contribution in [2.45, 2.75) is 0 Å². The molecular weight excluding hydrogens is 342 g/mol. The lowest BCUT2D eigenvalue weighted by Crippen LogP contribution is -2.00. The Bertz CT molecular complexity index is 964. The fourth-order valence-corrected chi connectivity index (χ4v) is 2.36. The quantitative estimate of drug-likeness (QED) is 0.551. The van der Waals surface area contributed by atoms with Gasteiger partial charge in [0.25, 0.3) is 0 Å². The number of rotatable bonds is 5. The van der Waals surface area contributed by atoms with Crippen LogP contribution in [-0.4, -0.2) is 20.1 Å². The molecule has 3 aromatic carbocycles. The minimum Gasteiger partial charge on any atom is -0.508 e. The summed E-state index contributed by atoms with van der Waals surface area (Å²) in [6.45, 7) is 0. The van der Waals surface area contributed by atoms with Crippen LogP contribution in [0.3, 0.4) is 0 Å². The van der Waals surface area contributed by atoms with Crippen molar-refractivity contribution in [2.75, 3.05) is 0 Å². The summed E-state index contributed by atoms with van der Waals surface area (Å²) in [6, 6.07) is 25.2. The van der Waals surface area contributed by atoms with E-state index in [0.29, 0.717) is 22.9 Å². The van der Waals surface area contributed by atoms with Crippen molar-refractivity contribution < 1.29 is 14.6 Å². The first kappa shape index (κ1) is 16.5. The summed E-state index contributed by atoms with van der Waals surface area (Å²) in [7, 11) is 0. The molecule has 1 N–H and O–H groups in total. The number of aromatic hydroxyl groups is 1. The average molecular weight is 357 g/mol. The number of benzene rings is 3. The van der Waals surface area contributed by atoms with Gasteiger partial charge in [0.05, 0.1) is 0 Å². The summed E-state index contributed by atoms with van der Waals surface area (Å²) in [5.74, 6) is 1.74. The summed E-state index contributed by atoms with van der Waals surface area (Å²) < 4.78 is 11.5. The molecule has 4 aromatic rings. The van der Waals surface area contributed by atoms with Gasteiger partial charge in [-0.15, -0.1) is 4.98 Å². The Labute approximate surface area is 155 Å². The predicted octanol–water partition coefficient (Wildman–Crippen LogP) is 4.83. The zero-order valence-electron chi connectivity index (χ0n) is 14.2. The summed E-state index contributed by atoms with van der Waals surface area (Å²) in [4.78, 5) is 13.0. The molecule has 0 fully saturated rings. The first-order chi connectivity index (χ1) is 13.3. The van der Waals surface area contributed by atoms with E-state index in [1.165, 1.54) is 0 Å². The Balaban J connectivity index is 1.72. The molecule has 0 spiro atoms. The van der Waals surface area contributed by atoms with E-state index in [1.807, 2.05) is 60.7 Å². The van der Waals surface area contributed by atoms with Crippen LogP contribution < -0.4 is 9.47 Å². The topological polar surface area (TPSA) is 77.4 Å². The number of nitrogens with zero attached hydrogens (tertiary/aromatic N) is 3. The van der Waals surface area contributed by atoms with Crippen molar-refractivity contribution in [3.63, 3.8) is 0 Å². The molecule has 0 saturated carbocycles. The lowest BCUT2D eigenvalue weighted by atomic mass is 10.2. The van der Waals surface area contributed by atoms with Gasteiger partial charge in [0, 0.05) is 5.56 Å². The van der Waals surface area contributed by atoms with Crippen LogP contribution in [0.15, 0.2) is 84.9 Å². The van der Waals surface area contributed by atoms with E-state index >= 15 is 0 Å². The third-order valence-electron chi connectivity index (χ3n) is 3.62. The second kappa shape index (κ2) is 7.53. The molecule has 0 unspecified atom stereocenters. The minimum atomic E-state index is 0.116. The van der Waals surface area contributed by atoms with Gasteiger partial charge in [-0.05, 0) is 48.5 Å². The normalized spacial score (nSPS) is 10.4. The third-order valence-corrected chi connectivity index (χ3v) is 3.62. The molecule has 0 atom stereocenters. The average Bonchev–Trinajstić information content (AvgIpc) is 2.70. The third kappa shape index (κ3) is 4.19. The first-order valence-electron chi connectivity index (χ1n) is 8.27. The zero-order valence-corrected chi connectivity index (χ0v) is 14.2. The van der Waals surface area contributed by atoms with Crippen LogP contribution in [0, 0.1) is 0 Å². The highest BCUT2D eigenvalue weighted by molar-refractivity contribution is 5.56. The first-order valence-corrected chi connectivity index (χ1v) is 8.27. The van der Waals surface area contributed by atoms with Crippen molar-refractivity contribution in [2.24, 2.45) is 0 Å². The van der Waals surface area contributed by atoms with Crippen LogP contribution in [-0.2, 0) is 0 Å². The highest BCUT2D eigenvalue weighted by atomic mass is 16.5. The van der Waals surface area contributed by atoms with Gasteiger partial charge in [0.2, 0.25) is 0 Å². The molecule has 0 aliphatic heterocycles. The smallest absolute Gasteiger partial charge is 0.328 e. The maximum absolute atomic E-state index is 9.50. The van der Waals surface area contributed by atoms with Gasteiger partial charge in [-0.25, -0.2) is 0 Å². The Morgan fingerprint density at radius 2 is 1.04 bits per heavy atom. The lowest BCUT2D eigenvalue weighted by Gasteiger charge is -2.09. The number of aromatic nitrogens is 3. The van der Waals surface area contributed by atoms with Crippen LogP contribution >= 0.6 is 0 Å². The minimum absolute atomic E-state index is 0.116. The molecule has 0 saturated heterocycles. The number of phenolic OH excluding ortho intramolecular Hbond substituents is 1. The van der Waals surface area contributed by atoms with Gasteiger partial charge >= 0.3 is 12.0 Å². The second-order valence-corrected chi connectivity index (χ2v) is 5.60. The van der Waals surface area contributed by atoms with Crippen molar-refractivity contribution in [1.29, 1.82) is 0 Å². The van der Waals surface area contributed by atoms with Crippen LogP contribution in [0.2, 0.25) is 0 Å². The number of para-hydroxylation sites is 2. The Morgan fingerprint density at radius 3 is 1.52 bits per heavy atom. The molecule has 6 nitrogen and oxygen atoms in total. The number of hydrogen-bond donors (Lipinski definition) is 1. The maximum Gasteiger partial charge on any atom is 0.328 e. The van der Waals surface area contributed by atoms with Crippen molar-refractivity contribution in [3.8, 4) is 40.7 Å². The monoisotopic (exact) mass is 357 g/mol. The molecule has 27 heavy (non-hydrogen) atoms. The molecule has 1 heterocycles. The van der Waals surface area contributed by atoms with Crippen molar-refractivity contribution >= 4 is 0 Å². The van der Waals surface area contributed by atoms with E-state index in [4.69, 9.17) is 9.47 Å². The SMILES string of the molecule is Oc1ccc(-c2nc(Oc3ccccc3)nc(Oc3ccccc3)n2)cc1. The van der Waals surface area contributed by atoms with Crippen molar-refractivity contribution in [3.05, 3.63) is 84.9 Å². The van der Waals surface area contributed by atoms with Crippen molar-refractivity contribution in [1.82, 2.24) is 15.0 Å². The molecule has 0 amide bonds.